The van der Waals surface area contributed by atoms with E-state index in [-0.39, 0.29) is 11.4 Å². The van der Waals surface area contributed by atoms with Gasteiger partial charge in [-0.2, -0.15) is 4.68 Å². The summed E-state index contributed by atoms with van der Waals surface area (Å²) < 4.78 is 7.15. The number of tetrazole rings is 1. The molecule has 1 amide bonds. The lowest BCUT2D eigenvalue weighted by Crippen LogP contribution is -2.57. The minimum atomic E-state index is -0.235. The lowest BCUT2D eigenvalue weighted by atomic mass is 9.79. The number of aromatic nitrogens is 4. The Morgan fingerprint density at radius 3 is 2.42 bits per heavy atom. The van der Waals surface area contributed by atoms with Crippen molar-refractivity contribution in [1.29, 1.82) is 0 Å². The van der Waals surface area contributed by atoms with E-state index in [1.807, 2.05) is 33.8 Å². The van der Waals surface area contributed by atoms with Crippen LogP contribution < -0.4 is 0 Å². The van der Waals surface area contributed by atoms with Gasteiger partial charge in [-0.05, 0) is 59.7 Å². The number of nitrogens with zero attached hydrogens (tertiary/aromatic N) is 6. The third-order valence-corrected chi connectivity index (χ3v) is 6.79. The van der Waals surface area contributed by atoms with Crippen molar-refractivity contribution < 1.29 is 9.21 Å². The lowest BCUT2D eigenvalue weighted by Gasteiger charge is -2.48. The highest BCUT2D eigenvalue weighted by Crippen LogP contribution is 2.42. The molecule has 2 aromatic heterocycles. The van der Waals surface area contributed by atoms with Crippen LogP contribution in [0, 0.1) is 0 Å². The summed E-state index contributed by atoms with van der Waals surface area (Å²) in [5.74, 6) is 1.22. The molecule has 5 rings (SSSR count). The van der Waals surface area contributed by atoms with Gasteiger partial charge in [0.2, 0.25) is 0 Å². The van der Waals surface area contributed by atoms with Crippen LogP contribution in [0.5, 0.6) is 0 Å². The first-order chi connectivity index (χ1) is 15.2. The van der Waals surface area contributed by atoms with Crippen molar-refractivity contribution in [2.75, 3.05) is 26.2 Å². The van der Waals surface area contributed by atoms with Gasteiger partial charge in [0.05, 0.1) is 17.5 Å². The monoisotopic (exact) mass is 440 g/mol. The van der Waals surface area contributed by atoms with Crippen LogP contribution in [0.4, 0.5) is 0 Å². The van der Waals surface area contributed by atoms with Crippen LogP contribution >= 0.6 is 11.6 Å². The molecular formula is C22H25ClN6O2. The molecule has 31 heavy (non-hydrogen) atoms. The molecule has 162 valence electrons. The number of carbonyl (C=O) groups excluding carboxylic acids is 1. The number of amides is 1. The normalized spacial score (nSPS) is 19.5. The maximum atomic E-state index is 12.7. The van der Waals surface area contributed by atoms with E-state index in [9.17, 15) is 4.79 Å². The first-order valence-electron chi connectivity index (χ1n) is 10.8. The van der Waals surface area contributed by atoms with E-state index >= 15 is 0 Å². The molecule has 1 saturated heterocycles. The Bertz CT molecular complexity index is 1020. The predicted octanol–water partition coefficient (Wildman–Crippen LogP) is 3.53. The Morgan fingerprint density at radius 2 is 1.74 bits per heavy atom. The van der Waals surface area contributed by atoms with Crippen molar-refractivity contribution >= 4 is 17.5 Å². The molecule has 3 heterocycles. The third-order valence-electron chi connectivity index (χ3n) is 6.54. The molecule has 0 spiro atoms. The van der Waals surface area contributed by atoms with E-state index in [1.165, 1.54) is 12.7 Å². The molecule has 8 nitrogen and oxygen atoms in total. The van der Waals surface area contributed by atoms with Gasteiger partial charge in [-0.3, -0.25) is 9.69 Å². The van der Waals surface area contributed by atoms with Crippen molar-refractivity contribution in [3.63, 3.8) is 0 Å². The zero-order valence-corrected chi connectivity index (χ0v) is 18.0. The second kappa shape index (κ2) is 8.43. The van der Waals surface area contributed by atoms with Crippen LogP contribution in [0.3, 0.4) is 0 Å². The fourth-order valence-corrected chi connectivity index (χ4v) is 5.07. The highest BCUT2D eigenvalue weighted by molar-refractivity contribution is 6.30. The van der Waals surface area contributed by atoms with Crippen LogP contribution in [-0.4, -0.2) is 62.1 Å². The second-order valence-corrected chi connectivity index (χ2v) is 8.68. The number of piperazine rings is 1. The van der Waals surface area contributed by atoms with Crippen molar-refractivity contribution in [3.8, 4) is 5.69 Å². The van der Waals surface area contributed by atoms with Crippen molar-refractivity contribution in [3.05, 3.63) is 59.3 Å². The molecule has 0 radical (unpaired) electrons. The largest absolute Gasteiger partial charge is 0.459 e. The first kappa shape index (κ1) is 20.2. The predicted molar refractivity (Wildman–Crippen MR) is 115 cm³/mol. The molecule has 0 atom stereocenters. The standard InChI is InChI=1S/C22H25ClN6O2/c23-17-6-8-18(9-7-17)29-21(24-25-26-29)22(10-2-1-3-11-22)28-14-12-27(13-15-28)20(30)19-5-4-16-31-19/h4-9,16H,1-3,10-15H2. The van der Waals surface area contributed by atoms with E-state index in [0.717, 1.165) is 50.3 Å². The fourth-order valence-electron chi connectivity index (χ4n) is 4.95. The highest BCUT2D eigenvalue weighted by atomic mass is 35.5. The maximum Gasteiger partial charge on any atom is 0.289 e. The maximum absolute atomic E-state index is 12.7. The Morgan fingerprint density at radius 1 is 1.00 bits per heavy atom. The Balaban J connectivity index is 1.41. The molecule has 2 aliphatic rings. The van der Waals surface area contributed by atoms with Gasteiger partial charge in [0.25, 0.3) is 5.91 Å². The topological polar surface area (TPSA) is 80.3 Å². The SMILES string of the molecule is O=C(c1ccco1)N1CCN(C2(c3nnnn3-c3ccc(Cl)cc3)CCCCC2)CC1. The number of rotatable bonds is 4. The second-order valence-electron chi connectivity index (χ2n) is 8.24. The average Bonchev–Trinajstić information content (AvgIpc) is 3.53. The number of carbonyl (C=O) groups is 1. The Hall–Kier alpha value is -2.71. The summed E-state index contributed by atoms with van der Waals surface area (Å²) in [6.45, 7) is 2.87. The summed E-state index contributed by atoms with van der Waals surface area (Å²) in [5.41, 5.74) is 0.669. The fraction of sp³-hybridized carbons (Fsp3) is 0.455. The molecule has 1 saturated carbocycles. The Kier molecular flexibility index (Phi) is 5.50. The first-order valence-corrected chi connectivity index (χ1v) is 11.2. The third kappa shape index (κ3) is 3.74. The van der Waals surface area contributed by atoms with Crippen LogP contribution in [-0.2, 0) is 5.54 Å². The summed E-state index contributed by atoms with van der Waals surface area (Å²) in [7, 11) is 0. The summed E-state index contributed by atoms with van der Waals surface area (Å²) in [5, 5.41) is 13.6. The van der Waals surface area contributed by atoms with Crippen LogP contribution in [0.1, 0.15) is 48.5 Å². The average molecular weight is 441 g/mol. The highest BCUT2D eigenvalue weighted by Gasteiger charge is 2.45. The summed E-state index contributed by atoms with van der Waals surface area (Å²) in [4.78, 5) is 17.0. The molecule has 3 aromatic rings. The van der Waals surface area contributed by atoms with Gasteiger partial charge in [0, 0.05) is 31.2 Å². The molecule has 0 bridgehead atoms. The van der Waals surface area contributed by atoms with Crippen LogP contribution in [0.2, 0.25) is 5.02 Å². The molecule has 0 unspecified atom stereocenters. The summed E-state index contributed by atoms with van der Waals surface area (Å²) >= 11 is 6.08. The molecule has 1 aliphatic carbocycles. The smallest absolute Gasteiger partial charge is 0.289 e. The minimum Gasteiger partial charge on any atom is -0.459 e. The number of benzene rings is 1. The van der Waals surface area contributed by atoms with Gasteiger partial charge in [-0.15, -0.1) is 5.10 Å². The van der Waals surface area contributed by atoms with Crippen LogP contribution in [0.25, 0.3) is 5.69 Å². The molecule has 0 N–H and O–H groups in total. The van der Waals surface area contributed by atoms with Gasteiger partial charge >= 0.3 is 0 Å². The Labute approximate surface area is 185 Å². The van der Waals surface area contributed by atoms with Gasteiger partial charge in [-0.25, -0.2) is 0 Å². The van der Waals surface area contributed by atoms with E-state index in [4.69, 9.17) is 16.0 Å². The molecule has 9 heteroatoms. The lowest BCUT2D eigenvalue weighted by molar-refractivity contribution is -0.00149. The van der Waals surface area contributed by atoms with E-state index in [1.54, 1.807) is 12.1 Å². The molecule has 1 aliphatic heterocycles. The summed E-state index contributed by atoms with van der Waals surface area (Å²) in [6.07, 6.45) is 7.05. The van der Waals surface area contributed by atoms with E-state index in [0.29, 0.717) is 23.9 Å². The van der Waals surface area contributed by atoms with Gasteiger partial charge in [-0.1, -0.05) is 30.9 Å². The van der Waals surface area contributed by atoms with Crippen LogP contribution in [0.15, 0.2) is 47.1 Å². The van der Waals surface area contributed by atoms with Gasteiger partial charge in [0.1, 0.15) is 0 Å². The minimum absolute atomic E-state index is 0.0478. The van der Waals surface area contributed by atoms with Gasteiger partial charge < -0.3 is 9.32 Å². The molecular weight excluding hydrogens is 416 g/mol. The number of furan rings is 1. The van der Waals surface area contributed by atoms with Crippen molar-refractivity contribution in [2.45, 2.75) is 37.6 Å². The molecule has 1 aromatic carbocycles. The zero-order chi connectivity index (χ0) is 21.3. The number of halogens is 1. The summed E-state index contributed by atoms with van der Waals surface area (Å²) in [6, 6.07) is 11.1. The molecule has 2 fully saturated rings. The van der Waals surface area contributed by atoms with E-state index in [2.05, 4.69) is 20.4 Å². The zero-order valence-electron chi connectivity index (χ0n) is 17.3. The van der Waals surface area contributed by atoms with E-state index < -0.39 is 0 Å². The quantitative estimate of drug-likeness (QED) is 0.617. The number of hydrogen-bond acceptors (Lipinski definition) is 6. The number of hydrogen-bond donors (Lipinski definition) is 0. The van der Waals surface area contributed by atoms with Crippen molar-refractivity contribution in [2.24, 2.45) is 0 Å². The van der Waals surface area contributed by atoms with Gasteiger partial charge in [0.15, 0.2) is 11.6 Å². The van der Waals surface area contributed by atoms with Crippen molar-refractivity contribution in [1.82, 2.24) is 30.0 Å².